The second kappa shape index (κ2) is 4.67. The van der Waals surface area contributed by atoms with Crippen LogP contribution in [0.25, 0.3) is 0 Å². The predicted molar refractivity (Wildman–Crippen MR) is 60.2 cm³/mol. The zero-order valence-corrected chi connectivity index (χ0v) is 9.39. The Labute approximate surface area is 94.7 Å². The molecular weight excluding hydrogens is 206 g/mol. The Bertz CT molecular complexity index is 369. The van der Waals surface area contributed by atoms with Crippen molar-refractivity contribution in [3.63, 3.8) is 0 Å². The molecule has 1 aromatic heterocycles. The highest BCUT2D eigenvalue weighted by atomic mass is 16.4. The fraction of sp³-hybridized carbons (Fsp3) is 0.545. The molecule has 16 heavy (non-hydrogen) atoms. The largest absolute Gasteiger partial charge is 0.480 e. The smallest absolute Gasteiger partial charge is 0.325 e. The van der Waals surface area contributed by atoms with Gasteiger partial charge in [-0.15, -0.1) is 0 Å². The standard InChI is InChI=1S/C11H17N3O2/c1-13-5-2-9(8-13)10(11(15)16)14-6-3-12-4-7-14/h2,5,8,10,12H,3-4,6-7H2,1H3,(H,15,16). The Hall–Kier alpha value is -1.33. The lowest BCUT2D eigenvalue weighted by Crippen LogP contribution is -2.47. The van der Waals surface area contributed by atoms with Crippen molar-refractivity contribution in [3.05, 3.63) is 24.0 Å². The van der Waals surface area contributed by atoms with E-state index in [1.807, 2.05) is 35.0 Å². The van der Waals surface area contributed by atoms with E-state index < -0.39 is 12.0 Å². The van der Waals surface area contributed by atoms with E-state index in [0.717, 1.165) is 31.7 Å². The van der Waals surface area contributed by atoms with Gasteiger partial charge in [-0.05, 0) is 11.6 Å². The summed E-state index contributed by atoms with van der Waals surface area (Å²) in [6, 6.07) is 1.36. The molecular formula is C11H17N3O2. The van der Waals surface area contributed by atoms with Crippen LogP contribution in [0.15, 0.2) is 18.5 Å². The Morgan fingerprint density at radius 1 is 1.50 bits per heavy atom. The number of aromatic nitrogens is 1. The molecule has 2 rings (SSSR count). The van der Waals surface area contributed by atoms with E-state index in [9.17, 15) is 9.90 Å². The molecule has 0 aliphatic carbocycles. The molecule has 5 heteroatoms. The lowest BCUT2D eigenvalue weighted by Gasteiger charge is -2.32. The Morgan fingerprint density at radius 3 is 2.69 bits per heavy atom. The van der Waals surface area contributed by atoms with Crippen molar-refractivity contribution >= 4 is 5.97 Å². The molecule has 0 spiro atoms. The molecule has 1 saturated heterocycles. The number of aliphatic carboxylic acids is 1. The second-order valence-corrected chi connectivity index (χ2v) is 4.14. The van der Waals surface area contributed by atoms with Crippen molar-refractivity contribution in [2.75, 3.05) is 26.2 Å². The van der Waals surface area contributed by atoms with Gasteiger partial charge >= 0.3 is 5.97 Å². The van der Waals surface area contributed by atoms with Gasteiger partial charge in [0.15, 0.2) is 0 Å². The molecule has 1 fully saturated rings. The van der Waals surface area contributed by atoms with E-state index in [-0.39, 0.29) is 0 Å². The normalized spacial score (nSPS) is 19.6. The van der Waals surface area contributed by atoms with Crippen LogP contribution in [0, 0.1) is 0 Å². The first-order valence-electron chi connectivity index (χ1n) is 5.48. The molecule has 1 aliphatic rings. The number of piperazine rings is 1. The van der Waals surface area contributed by atoms with Crippen molar-refractivity contribution in [3.8, 4) is 0 Å². The molecule has 0 bridgehead atoms. The van der Waals surface area contributed by atoms with Gasteiger partial charge in [0.25, 0.3) is 0 Å². The van der Waals surface area contributed by atoms with Gasteiger partial charge in [-0.1, -0.05) is 0 Å². The summed E-state index contributed by atoms with van der Waals surface area (Å²) in [5.74, 6) is -0.770. The lowest BCUT2D eigenvalue weighted by molar-refractivity contribution is -0.143. The van der Waals surface area contributed by atoms with Crippen LogP contribution >= 0.6 is 0 Å². The molecule has 0 radical (unpaired) electrons. The number of aryl methyl sites for hydroxylation is 1. The average molecular weight is 223 g/mol. The third-order valence-electron chi connectivity index (χ3n) is 2.92. The third kappa shape index (κ3) is 2.25. The maximum atomic E-state index is 11.3. The van der Waals surface area contributed by atoms with E-state index in [0.29, 0.717) is 0 Å². The summed E-state index contributed by atoms with van der Waals surface area (Å²) in [7, 11) is 1.90. The van der Waals surface area contributed by atoms with Crippen LogP contribution in [-0.2, 0) is 11.8 Å². The van der Waals surface area contributed by atoms with Crippen LogP contribution in [-0.4, -0.2) is 46.7 Å². The van der Waals surface area contributed by atoms with Gasteiger partial charge in [0.2, 0.25) is 0 Å². The van der Waals surface area contributed by atoms with E-state index in [2.05, 4.69) is 5.32 Å². The number of hydrogen-bond donors (Lipinski definition) is 2. The second-order valence-electron chi connectivity index (χ2n) is 4.14. The fourth-order valence-corrected chi connectivity index (χ4v) is 2.14. The number of nitrogens with one attached hydrogen (secondary N) is 1. The molecule has 1 atom stereocenters. The molecule has 0 aromatic carbocycles. The zero-order chi connectivity index (χ0) is 11.5. The van der Waals surface area contributed by atoms with E-state index >= 15 is 0 Å². The van der Waals surface area contributed by atoms with Crippen LogP contribution in [0.1, 0.15) is 11.6 Å². The van der Waals surface area contributed by atoms with Gasteiger partial charge < -0.3 is 15.0 Å². The Kier molecular flexibility index (Phi) is 3.26. The van der Waals surface area contributed by atoms with Crippen molar-refractivity contribution in [2.24, 2.45) is 7.05 Å². The molecule has 0 amide bonds. The molecule has 2 heterocycles. The van der Waals surface area contributed by atoms with Crippen LogP contribution in [0.5, 0.6) is 0 Å². The van der Waals surface area contributed by atoms with Crippen LogP contribution in [0.3, 0.4) is 0 Å². The van der Waals surface area contributed by atoms with Gasteiger partial charge in [0.05, 0.1) is 0 Å². The number of carboxylic acids is 1. The maximum Gasteiger partial charge on any atom is 0.325 e. The summed E-state index contributed by atoms with van der Waals surface area (Å²) < 4.78 is 1.88. The summed E-state index contributed by atoms with van der Waals surface area (Å²) in [5, 5.41) is 12.5. The maximum absolute atomic E-state index is 11.3. The summed E-state index contributed by atoms with van der Waals surface area (Å²) in [6.45, 7) is 3.28. The minimum absolute atomic E-state index is 0.511. The van der Waals surface area contributed by atoms with E-state index in [4.69, 9.17) is 0 Å². The molecule has 2 N–H and O–H groups in total. The molecule has 88 valence electrons. The first kappa shape index (κ1) is 11.2. The number of hydrogen-bond acceptors (Lipinski definition) is 3. The number of rotatable bonds is 3. The summed E-state index contributed by atoms with van der Waals surface area (Å²) in [4.78, 5) is 13.3. The third-order valence-corrected chi connectivity index (χ3v) is 2.92. The molecule has 1 unspecified atom stereocenters. The lowest BCUT2D eigenvalue weighted by atomic mass is 10.1. The van der Waals surface area contributed by atoms with Gasteiger partial charge in [-0.2, -0.15) is 0 Å². The van der Waals surface area contributed by atoms with Crippen molar-refractivity contribution in [2.45, 2.75) is 6.04 Å². The van der Waals surface area contributed by atoms with Gasteiger partial charge in [0.1, 0.15) is 6.04 Å². The first-order chi connectivity index (χ1) is 7.68. The average Bonchev–Trinajstić information content (AvgIpc) is 2.66. The SMILES string of the molecule is Cn1ccc(C(C(=O)O)N2CCNCC2)c1. The van der Waals surface area contributed by atoms with Crippen molar-refractivity contribution < 1.29 is 9.90 Å². The summed E-state index contributed by atoms with van der Waals surface area (Å²) in [5.41, 5.74) is 0.858. The Balaban J connectivity index is 2.19. The minimum Gasteiger partial charge on any atom is -0.480 e. The van der Waals surface area contributed by atoms with Crippen LogP contribution in [0.2, 0.25) is 0 Å². The quantitative estimate of drug-likeness (QED) is 0.760. The molecule has 5 nitrogen and oxygen atoms in total. The highest BCUT2D eigenvalue weighted by Crippen LogP contribution is 2.21. The molecule has 1 aromatic rings. The van der Waals surface area contributed by atoms with Gasteiger partial charge in [-0.25, -0.2) is 0 Å². The monoisotopic (exact) mass is 223 g/mol. The highest BCUT2D eigenvalue weighted by molar-refractivity contribution is 5.75. The number of carbonyl (C=O) groups is 1. The molecule has 0 saturated carbocycles. The van der Waals surface area contributed by atoms with Crippen LogP contribution in [0.4, 0.5) is 0 Å². The van der Waals surface area contributed by atoms with Crippen LogP contribution < -0.4 is 5.32 Å². The molecule has 1 aliphatic heterocycles. The number of carboxylic acid groups (broad SMARTS) is 1. The first-order valence-corrected chi connectivity index (χ1v) is 5.48. The number of nitrogens with zero attached hydrogens (tertiary/aromatic N) is 2. The topological polar surface area (TPSA) is 57.5 Å². The summed E-state index contributed by atoms with van der Waals surface area (Å²) >= 11 is 0. The zero-order valence-electron chi connectivity index (χ0n) is 9.39. The van der Waals surface area contributed by atoms with Crippen molar-refractivity contribution in [1.29, 1.82) is 0 Å². The highest BCUT2D eigenvalue weighted by Gasteiger charge is 2.28. The van der Waals surface area contributed by atoms with E-state index in [1.54, 1.807) is 0 Å². The Morgan fingerprint density at radius 2 is 2.19 bits per heavy atom. The predicted octanol–water partition coefficient (Wildman–Crippen LogP) is 0.0560. The fourth-order valence-electron chi connectivity index (χ4n) is 2.14. The van der Waals surface area contributed by atoms with Gasteiger partial charge in [-0.3, -0.25) is 9.69 Å². The van der Waals surface area contributed by atoms with Gasteiger partial charge in [0, 0.05) is 45.6 Å². The van der Waals surface area contributed by atoms with E-state index in [1.165, 1.54) is 0 Å². The summed E-state index contributed by atoms with van der Waals surface area (Å²) in [6.07, 6.45) is 3.76. The minimum atomic E-state index is -0.770. The van der Waals surface area contributed by atoms with Crippen molar-refractivity contribution in [1.82, 2.24) is 14.8 Å².